The molecule has 0 aromatic carbocycles. The number of hydrogen-bond donors (Lipinski definition) is 2. The minimum Gasteiger partial charge on any atom is -0.393 e. The zero-order valence-corrected chi connectivity index (χ0v) is 10.2. The van der Waals surface area contributed by atoms with Crippen molar-refractivity contribution in [1.29, 1.82) is 0 Å². The fraction of sp³-hybridized carbons (Fsp3) is 1.00. The highest BCUT2D eigenvalue weighted by atomic mass is 32.2. The molecular formula is C10H20N2O3S. The fourth-order valence-electron chi connectivity index (χ4n) is 3.10. The van der Waals surface area contributed by atoms with E-state index in [0.717, 1.165) is 38.5 Å². The first kappa shape index (κ1) is 12.3. The van der Waals surface area contributed by atoms with E-state index < -0.39 is 10.2 Å². The summed E-state index contributed by atoms with van der Waals surface area (Å²) in [7, 11) is -3.60. The predicted molar refractivity (Wildman–Crippen MR) is 60.8 cm³/mol. The second-order valence-electron chi connectivity index (χ2n) is 4.88. The Morgan fingerprint density at radius 1 is 1.12 bits per heavy atom. The largest absolute Gasteiger partial charge is 0.393 e. The first-order valence-electron chi connectivity index (χ1n) is 5.98. The molecule has 0 bridgehead atoms. The van der Waals surface area contributed by atoms with Crippen molar-refractivity contribution in [2.45, 2.75) is 50.7 Å². The average Bonchev–Trinajstić information content (AvgIpc) is 2.66. The number of hydrogen-bond acceptors (Lipinski definition) is 3. The molecule has 94 valence electrons. The number of rotatable bonds is 2. The summed E-state index contributed by atoms with van der Waals surface area (Å²) in [5.41, 5.74) is 0. The normalized spacial score (nSPS) is 37.8. The van der Waals surface area contributed by atoms with E-state index in [2.05, 4.69) is 0 Å². The number of nitrogens with zero attached hydrogens (tertiary/aromatic N) is 1. The Labute approximate surface area is 96.8 Å². The molecule has 3 N–H and O–H groups in total. The molecule has 1 saturated carbocycles. The highest BCUT2D eigenvalue weighted by molar-refractivity contribution is 7.86. The molecule has 3 unspecified atom stereocenters. The van der Waals surface area contributed by atoms with E-state index in [1.807, 2.05) is 0 Å². The van der Waals surface area contributed by atoms with Crippen molar-refractivity contribution in [1.82, 2.24) is 4.31 Å². The summed E-state index contributed by atoms with van der Waals surface area (Å²) in [6.07, 6.45) is 5.15. The Balaban J connectivity index is 2.13. The maximum Gasteiger partial charge on any atom is 0.277 e. The Bertz CT molecular complexity index is 344. The van der Waals surface area contributed by atoms with E-state index in [4.69, 9.17) is 5.14 Å². The molecule has 16 heavy (non-hydrogen) atoms. The van der Waals surface area contributed by atoms with E-state index in [9.17, 15) is 13.5 Å². The van der Waals surface area contributed by atoms with Gasteiger partial charge in [-0.05, 0) is 25.7 Å². The molecule has 3 atom stereocenters. The second kappa shape index (κ2) is 4.60. The van der Waals surface area contributed by atoms with Gasteiger partial charge < -0.3 is 5.11 Å². The Kier molecular flexibility index (Phi) is 3.53. The molecule has 1 aliphatic heterocycles. The van der Waals surface area contributed by atoms with Crippen LogP contribution in [0.5, 0.6) is 0 Å². The van der Waals surface area contributed by atoms with Crippen LogP contribution in [0.1, 0.15) is 38.5 Å². The zero-order chi connectivity index (χ0) is 11.8. The van der Waals surface area contributed by atoms with Crippen LogP contribution in [0.3, 0.4) is 0 Å². The van der Waals surface area contributed by atoms with Gasteiger partial charge in [-0.2, -0.15) is 12.7 Å². The number of aliphatic hydroxyl groups is 1. The molecule has 0 spiro atoms. The highest BCUT2D eigenvalue weighted by Crippen LogP contribution is 2.35. The summed E-state index contributed by atoms with van der Waals surface area (Å²) in [6.45, 7) is 0.507. The van der Waals surface area contributed by atoms with Crippen molar-refractivity contribution < 1.29 is 13.5 Å². The lowest BCUT2D eigenvalue weighted by Gasteiger charge is -2.35. The van der Waals surface area contributed by atoms with Gasteiger partial charge in [0.15, 0.2) is 0 Å². The molecule has 1 heterocycles. The van der Waals surface area contributed by atoms with Crippen molar-refractivity contribution in [3.8, 4) is 0 Å². The van der Waals surface area contributed by atoms with Gasteiger partial charge in [-0.25, -0.2) is 5.14 Å². The standard InChI is InChI=1S/C10H20N2O3S/c11-16(14,15)12-7-3-5-9(12)8-4-1-2-6-10(8)13/h8-10,13H,1-7H2,(H2,11,14,15). The van der Waals surface area contributed by atoms with Gasteiger partial charge in [0.2, 0.25) is 0 Å². The maximum atomic E-state index is 11.4. The van der Waals surface area contributed by atoms with E-state index in [-0.39, 0.29) is 18.1 Å². The minimum absolute atomic E-state index is 0.0783. The fourth-order valence-corrected chi connectivity index (χ4v) is 4.12. The van der Waals surface area contributed by atoms with Crippen LogP contribution in [0.4, 0.5) is 0 Å². The second-order valence-corrected chi connectivity index (χ2v) is 6.38. The topological polar surface area (TPSA) is 83.6 Å². The van der Waals surface area contributed by atoms with E-state index in [1.54, 1.807) is 0 Å². The van der Waals surface area contributed by atoms with Crippen LogP contribution in [-0.4, -0.2) is 36.5 Å². The molecule has 1 saturated heterocycles. The van der Waals surface area contributed by atoms with Crippen molar-refractivity contribution >= 4 is 10.2 Å². The smallest absolute Gasteiger partial charge is 0.277 e. The highest BCUT2D eigenvalue weighted by Gasteiger charge is 2.40. The van der Waals surface area contributed by atoms with Crippen LogP contribution in [-0.2, 0) is 10.2 Å². The van der Waals surface area contributed by atoms with Gasteiger partial charge in [-0.15, -0.1) is 0 Å². The third kappa shape index (κ3) is 2.40. The lowest BCUT2D eigenvalue weighted by Crippen LogP contribution is -2.47. The summed E-state index contributed by atoms with van der Waals surface area (Å²) in [5, 5.41) is 15.2. The predicted octanol–water partition coefficient (Wildman–Crippen LogP) is 0.205. The van der Waals surface area contributed by atoms with E-state index in [0.29, 0.717) is 6.54 Å². The summed E-state index contributed by atoms with van der Waals surface area (Å²) < 4.78 is 24.2. The van der Waals surface area contributed by atoms with E-state index in [1.165, 1.54) is 4.31 Å². The molecule has 2 fully saturated rings. The Morgan fingerprint density at radius 3 is 2.44 bits per heavy atom. The third-order valence-corrected chi connectivity index (χ3v) is 4.96. The van der Waals surface area contributed by atoms with Gasteiger partial charge in [0, 0.05) is 18.5 Å². The molecule has 0 aromatic heterocycles. The van der Waals surface area contributed by atoms with Crippen LogP contribution in [0.25, 0.3) is 0 Å². The molecular weight excluding hydrogens is 228 g/mol. The molecule has 0 radical (unpaired) electrons. The van der Waals surface area contributed by atoms with Crippen molar-refractivity contribution in [3.05, 3.63) is 0 Å². The summed E-state index contributed by atoms with van der Waals surface area (Å²) in [5.74, 6) is 0.0783. The summed E-state index contributed by atoms with van der Waals surface area (Å²) in [4.78, 5) is 0. The first-order chi connectivity index (χ1) is 7.50. The van der Waals surface area contributed by atoms with Crippen molar-refractivity contribution in [3.63, 3.8) is 0 Å². The van der Waals surface area contributed by atoms with Gasteiger partial charge in [-0.3, -0.25) is 0 Å². The molecule has 2 aliphatic rings. The Hall–Kier alpha value is -0.170. The summed E-state index contributed by atoms with van der Waals surface area (Å²) in [6, 6.07) is -0.0784. The van der Waals surface area contributed by atoms with Gasteiger partial charge >= 0.3 is 0 Å². The third-order valence-electron chi connectivity index (χ3n) is 3.85. The van der Waals surface area contributed by atoms with Crippen LogP contribution in [0.2, 0.25) is 0 Å². The molecule has 0 amide bonds. The van der Waals surface area contributed by atoms with Gasteiger partial charge in [-0.1, -0.05) is 12.8 Å². The Morgan fingerprint density at radius 2 is 1.81 bits per heavy atom. The number of nitrogens with two attached hydrogens (primary N) is 1. The molecule has 6 heteroatoms. The lowest BCUT2D eigenvalue weighted by atomic mass is 9.81. The molecule has 5 nitrogen and oxygen atoms in total. The van der Waals surface area contributed by atoms with Crippen LogP contribution in [0.15, 0.2) is 0 Å². The lowest BCUT2D eigenvalue weighted by molar-refractivity contribution is 0.0386. The van der Waals surface area contributed by atoms with Gasteiger partial charge in [0.05, 0.1) is 6.10 Å². The minimum atomic E-state index is -3.60. The SMILES string of the molecule is NS(=O)(=O)N1CCCC1C1CCCCC1O. The quantitative estimate of drug-likeness (QED) is 0.732. The maximum absolute atomic E-state index is 11.4. The molecule has 0 aromatic rings. The zero-order valence-electron chi connectivity index (χ0n) is 9.38. The van der Waals surface area contributed by atoms with Crippen molar-refractivity contribution in [2.24, 2.45) is 11.1 Å². The van der Waals surface area contributed by atoms with Crippen LogP contribution < -0.4 is 5.14 Å². The monoisotopic (exact) mass is 248 g/mol. The van der Waals surface area contributed by atoms with Gasteiger partial charge in [0.1, 0.15) is 0 Å². The average molecular weight is 248 g/mol. The van der Waals surface area contributed by atoms with Gasteiger partial charge in [0.25, 0.3) is 10.2 Å². The van der Waals surface area contributed by atoms with Crippen LogP contribution >= 0.6 is 0 Å². The van der Waals surface area contributed by atoms with Crippen molar-refractivity contribution in [2.75, 3.05) is 6.54 Å². The van der Waals surface area contributed by atoms with Crippen LogP contribution in [0, 0.1) is 5.92 Å². The van der Waals surface area contributed by atoms with E-state index >= 15 is 0 Å². The number of aliphatic hydroxyl groups excluding tert-OH is 1. The first-order valence-corrected chi connectivity index (χ1v) is 7.48. The summed E-state index contributed by atoms with van der Waals surface area (Å²) >= 11 is 0. The molecule has 1 aliphatic carbocycles. The molecule has 2 rings (SSSR count).